The lowest BCUT2D eigenvalue weighted by Gasteiger charge is -2.26. The summed E-state index contributed by atoms with van der Waals surface area (Å²) in [5.41, 5.74) is 3.66. The monoisotopic (exact) mass is 322 g/mol. The molecule has 2 heterocycles. The van der Waals surface area contributed by atoms with Crippen molar-refractivity contribution in [1.29, 1.82) is 0 Å². The van der Waals surface area contributed by atoms with Crippen LogP contribution in [0.5, 0.6) is 5.88 Å². The Morgan fingerprint density at radius 1 is 1.17 bits per heavy atom. The summed E-state index contributed by atoms with van der Waals surface area (Å²) in [5.74, 6) is 0.742. The topological polar surface area (TPSA) is 35.0 Å². The largest absolute Gasteiger partial charge is 0.469 e. The minimum Gasteiger partial charge on any atom is -0.469 e. The molecule has 1 aromatic heterocycles. The van der Waals surface area contributed by atoms with Crippen LogP contribution in [0.4, 0.5) is 0 Å². The third-order valence-electron chi connectivity index (χ3n) is 4.41. The predicted octanol–water partition coefficient (Wildman–Crippen LogP) is 4.73. The van der Waals surface area contributed by atoms with E-state index < -0.39 is 0 Å². The number of aromatic nitrogens is 2. The highest BCUT2D eigenvalue weighted by atomic mass is 32.2. The maximum Gasteiger partial charge on any atom is 0.221 e. The zero-order chi connectivity index (χ0) is 15.8. The van der Waals surface area contributed by atoms with Crippen molar-refractivity contribution in [2.45, 2.75) is 31.0 Å². The molecular weight excluding hydrogens is 304 g/mol. The maximum atomic E-state index is 6.26. The van der Waals surface area contributed by atoms with Crippen LogP contribution in [0.1, 0.15) is 29.2 Å². The summed E-state index contributed by atoms with van der Waals surface area (Å²) in [4.78, 5) is 8.88. The van der Waals surface area contributed by atoms with Gasteiger partial charge < -0.3 is 4.74 Å². The smallest absolute Gasteiger partial charge is 0.221 e. The Labute approximate surface area is 140 Å². The summed E-state index contributed by atoms with van der Waals surface area (Å²) < 4.78 is 6.26. The van der Waals surface area contributed by atoms with Gasteiger partial charge >= 0.3 is 0 Å². The number of hydrogen-bond acceptors (Lipinski definition) is 4. The van der Waals surface area contributed by atoms with E-state index in [1.165, 1.54) is 21.9 Å². The molecule has 3 aromatic rings. The summed E-state index contributed by atoms with van der Waals surface area (Å²) in [6.07, 6.45) is 5.85. The number of ether oxygens (including phenoxy) is 1. The van der Waals surface area contributed by atoms with Crippen LogP contribution in [0, 0.1) is 6.92 Å². The number of nitrogens with zero attached hydrogens (tertiary/aromatic N) is 2. The van der Waals surface area contributed by atoms with Gasteiger partial charge in [-0.1, -0.05) is 48.2 Å². The van der Waals surface area contributed by atoms with E-state index in [4.69, 9.17) is 4.74 Å². The molecule has 0 radical (unpaired) electrons. The molecule has 0 bridgehead atoms. The maximum absolute atomic E-state index is 6.26. The fraction of sp³-hybridized carbons (Fsp3) is 0.263. The van der Waals surface area contributed by atoms with Gasteiger partial charge in [0.25, 0.3) is 0 Å². The first kappa shape index (κ1) is 14.5. The van der Waals surface area contributed by atoms with Gasteiger partial charge in [-0.3, -0.25) is 0 Å². The molecule has 4 heteroatoms. The molecule has 4 rings (SSSR count). The minimum atomic E-state index is 0.0527. The van der Waals surface area contributed by atoms with E-state index in [1.807, 2.05) is 12.5 Å². The van der Waals surface area contributed by atoms with Crippen molar-refractivity contribution in [1.82, 2.24) is 9.97 Å². The Morgan fingerprint density at radius 3 is 2.83 bits per heavy atom. The van der Waals surface area contributed by atoms with Gasteiger partial charge in [0.05, 0.1) is 0 Å². The number of fused-ring (bicyclic) bond motifs is 2. The Hall–Kier alpha value is -2.07. The Balaban J connectivity index is 1.78. The molecule has 23 heavy (non-hydrogen) atoms. The average Bonchev–Trinajstić information content (AvgIpc) is 2.60. The van der Waals surface area contributed by atoms with E-state index in [0.29, 0.717) is 0 Å². The summed E-state index contributed by atoms with van der Waals surface area (Å²) >= 11 is 1.54. The van der Waals surface area contributed by atoms with Gasteiger partial charge in [0, 0.05) is 17.3 Å². The van der Waals surface area contributed by atoms with E-state index in [2.05, 4.69) is 53.3 Å². The number of benzene rings is 2. The van der Waals surface area contributed by atoms with E-state index >= 15 is 0 Å². The molecule has 0 N–H and O–H groups in total. The molecule has 3 nitrogen and oxygen atoms in total. The molecule has 0 saturated heterocycles. The summed E-state index contributed by atoms with van der Waals surface area (Å²) in [5, 5.41) is 3.34. The Bertz CT molecular complexity index is 873. The molecule has 1 unspecified atom stereocenters. The van der Waals surface area contributed by atoms with Crippen molar-refractivity contribution < 1.29 is 4.74 Å². The molecule has 0 fully saturated rings. The van der Waals surface area contributed by atoms with Crippen molar-refractivity contribution in [3.05, 3.63) is 59.3 Å². The highest BCUT2D eigenvalue weighted by molar-refractivity contribution is 7.98. The molecule has 0 amide bonds. The third kappa shape index (κ3) is 2.57. The lowest BCUT2D eigenvalue weighted by Crippen LogP contribution is -2.17. The van der Waals surface area contributed by atoms with Crippen LogP contribution in [0.2, 0.25) is 0 Å². The Morgan fingerprint density at radius 2 is 2.00 bits per heavy atom. The van der Waals surface area contributed by atoms with Crippen molar-refractivity contribution in [2.24, 2.45) is 0 Å². The third-order valence-corrected chi connectivity index (χ3v) is 4.97. The predicted molar refractivity (Wildman–Crippen MR) is 94.2 cm³/mol. The van der Waals surface area contributed by atoms with Crippen LogP contribution in [0.15, 0.2) is 47.8 Å². The first-order chi connectivity index (χ1) is 11.3. The quantitative estimate of drug-likeness (QED) is 0.505. The molecule has 0 saturated carbocycles. The summed E-state index contributed by atoms with van der Waals surface area (Å²) in [6, 6.07) is 12.9. The van der Waals surface area contributed by atoms with Gasteiger partial charge in [0.15, 0.2) is 5.16 Å². The molecule has 1 aliphatic rings. The van der Waals surface area contributed by atoms with Crippen molar-refractivity contribution >= 4 is 22.5 Å². The number of hydrogen-bond donors (Lipinski definition) is 0. The lowest BCUT2D eigenvalue weighted by atomic mass is 9.93. The summed E-state index contributed by atoms with van der Waals surface area (Å²) in [7, 11) is 0. The molecule has 116 valence electrons. The van der Waals surface area contributed by atoms with Crippen LogP contribution in [-0.2, 0) is 6.42 Å². The van der Waals surface area contributed by atoms with Crippen molar-refractivity contribution in [3.63, 3.8) is 0 Å². The molecule has 2 aromatic carbocycles. The first-order valence-corrected chi connectivity index (χ1v) is 9.03. The molecule has 1 atom stereocenters. The van der Waals surface area contributed by atoms with Crippen LogP contribution < -0.4 is 4.74 Å². The normalized spacial score (nSPS) is 16.9. The zero-order valence-electron chi connectivity index (χ0n) is 13.2. The first-order valence-electron chi connectivity index (χ1n) is 7.81. The highest BCUT2D eigenvalue weighted by Gasteiger charge is 2.25. The van der Waals surface area contributed by atoms with Crippen molar-refractivity contribution in [3.8, 4) is 5.88 Å². The molecular formula is C19H18N2OS. The minimum absolute atomic E-state index is 0.0527. The van der Waals surface area contributed by atoms with E-state index in [9.17, 15) is 0 Å². The van der Waals surface area contributed by atoms with E-state index in [-0.39, 0.29) is 6.10 Å². The van der Waals surface area contributed by atoms with E-state index in [0.717, 1.165) is 29.4 Å². The second-order valence-corrected chi connectivity index (χ2v) is 6.63. The average molecular weight is 322 g/mol. The van der Waals surface area contributed by atoms with Gasteiger partial charge in [-0.2, -0.15) is 4.98 Å². The number of aryl methyl sites for hydroxylation is 2. The van der Waals surface area contributed by atoms with E-state index in [1.54, 1.807) is 11.8 Å². The van der Waals surface area contributed by atoms with Crippen LogP contribution in [0.3, 0.4) is 0 Å². The SMILES string of the molecule is CSc1ncc2c(n1)OC(c1cccc3cccc(C)c13)CC2. The second-order valence-electron chi connectivity index (χ2n) is 5.85. The molecule has 1 aliphatic heterocycles. The van der Waals surface area contributed by atoms with Gasteiger partial charge in [-0.25, -0.2) is 4.98 Å². The lowest BCUT2D eigenvalue weighted by molar-refractivity contribution is 0.167. The number of thioether (sulfide) groups is 1. The Kier molecular flexibility index (Phi) is 3.69. The standard InChI is InChI=1S/C19H18N2OS/c1-12-5-3-6-13-7-4-8-15(17(12)13)16-10-9-14-11-20-19(23-2)21-18(14)22-16/h3-8,11,16H,9-10H2,1-2H3. The summed E-state index contributed by atoms with van der Waals surface area (Å²) in [6.45, 7) is 2.16. The second kappa shape index (κ2) is 5.85. The van der Waals surface area contributed by atoms with Gasteiger partial charge in [-0.15, -0.1) is 0 Å². The zero-order valence-corrected chi connectivity index (χ0v) is 14.1. The highest BCUT2D eigenvalue weighted by Crippen LogP contribution is 2.37. The van der Waals surface area contributed by atoms with Crippen LogP contribution >= 0.6 is 11.8 Å². The van der Waals surface area contributed by atoms with Crippen LogP contribution in [-0.4, -0.2) is 16.2 Å². The van der Waals surface area contributed by atoms with Gasteiger partial charge in [0.2, 0.25) is 5.88 Å². The fourth-order valence-corrected chi connectivity index (χ4v) is 3.61. The number of rotatable bonds is 2. The fourth-order valence-electron chi connectivity index (χ4n) is 3.28. The molecule has 0 aliphatic carbocycles. The van der Waals surface area contributed by atoms with Crippen LogP contribution in [0.25, 0.3) is 10.8 Å². The molecule has 0 spiro atoms. The van der Waals surface area contributed by atoms with Gasteiger partial charge in [-0.05, 0) is 42.4 Å². The van der Waals surface area contributed by atoms with Crippen molar-refractivity contribution in [2.75, 3.05) is 6.26 Å². The van der Waals surface area contributed by atoms with Gasteiger partial charge in [0.1, 0.15) is 6.10 Å².